The molecule has 0 aliphatic rings. The molecule has 1 rings (SSSR count). The summed E-state index contributed by atoms with van der Waals surface area (Å²) in [6.45, 7) is 4.14. The molecule has 4 heteroatoms. The Balaban J connectivity index is 3.01. The second-order valence-corrected chi connectivity index (χ2v) is 4.27. The average molecular weight is 239 g/mol. The lowest BCUT2D eigenvalue weighted by Crippen LogP contribution is -2.22. The van der Waals surface area contributed by atoms with Gasteiger partial charge in [0.05, 0.1) is 13.2 Å². The van der Waals surface area contributed by atoms with Crippen molar-refractivity contribution in [3.05, 3.63) is 28.8 Å². The van der Waals surface area contributed by atoms with Gasteiger partial charge in [-0.2, -0.15) is 0 Å². The average Bonchev–Trinajstić information content (AvgIpc) is 2.31. The molecule has 2 unspecified atom stereocenters. The number of methoxy groups -OCH3 is 1. The third-order valence-corrected chi connectivity index (χ3v) is 2.93. The predicted octanol–water partition coefficient (Wildman–Crippen LogP) is 1.06. The van der Waals surface area contributed by atoms with Gasteiger partial charge in [0, 0.05) is 0 Å². The maximum absolute atomic E-state index is 10.0. The van der Waals surface area contributed by atoms with Gasteiger partial charge < -0.3 is 20.7 Å². The standard InChI is InChI=1S/C13H21NO3/c1-8-7-12(17-3)9(2)6-10(8)13(16)11(15)4-5-14/h6-7,11,13,15-16H,4-5,14H2,1-3H3. The third-order valence-electron chi connectivity index (χ3n) is 2.93. The van der Waals surface area contributed by atoms with Crippen LogP contribution in [0.3, 0.4) is 0 Å². The number of aryl methyl sites for hydroxylation is 2. The lowest BCUT2D eigenvalue weighted by atomic mass is 9.95. The van der Waals surface area contributed by atoms with Crippen molar-refractivity contribution in [1.29, 1.82) is 0 Å². The molecule has 0 saturated carbocycles. The Morgan fingerprint density at radius 1 is 1.24 bits per heavy atom. The van der Waals surface area contributed by atoms with Gasteiger partial charge in [0.25, 0.3) is 0 Å². The van der Waals surface area contributed by atoms with E-state index >= 15 is 0 Å². The van der Waals surface area contributed by atoms with E-state index in [1.807, 2.05) is 26.0 Å². The highest BCUT2D eigenvalue weighted by Gasteiger charge is 2.20. The molecule has 0 aromatic heterocycles. The molecule has 96 valence electrons. The first-order chi connectivity index (χ1) is 8.01. The number of rotatable bonds is 5. The Bertz CT molecular complexity index is 379. The van der Waals surface area contributed by atoms with Crippen LogP contribution in [0.1, 0.15) is 29.2 Å². The highest BCUT2D eigenvalue weighted by Crippen LogP contribution is 2.28. The van der Waals surface area contributed by atoms with Crippen molar-refractivity contribution in [2.75, 3.05) is 13.7 Å². The summed E-state index contributed by atoms with van der Waals surface area (Å²) in [5.41, 5.74) is 7.93. The minimum absolute atomic E-state index is 0.354. The largest absolute Gasteiger partial charge is 0.496 e. The van der Waals surface area contributed by atoms with Gasteiger partial charge in [-0.3, -0.25) is 0 Å². The molecule has 4 N–H and O–H groups in total. The van der Waals surface area contributed by atoms with Gasteiger partial charge >= 0.3 is 0 Å². The van der Waals surface area contributed by atoms with E-state index in [4.69, 9.17) is 10.5 Å². The van der Waals surface area contributed by atoms with Crippen LogP contribution in [0.4, 0.5) is 0 Å². The van der Waals surface area contributed by atoms with Crippen LogP contribution in [0, 0.1) is 13.8 Å². The normalized spacial score (nSPS) is 14.5. The fraction of sp³-hybridized carbons (Fsp3) is 0.538. The van der Waals surface area contributed by atoms with Crippen LogP contribution in [-0.4, -0.2) is 30.0 Å². The van der Waals surface area contributed by atoms with Crippen molar-refractivity contribution in [3.8, 4) is 5.75 Å². The minimum atomic E-state index is -0.900. The summed E-state index contributed by atoms with van der Waals surface area (Å²) in [7, 11) is 1.61. The number of benzene rings is 1. The Morgan fingerprint density at radius 2 is 1.88 bits per heavy atom. The van der Waals surface area contributed by atoms with Crippen LogP contribution in [0.25, 0.3) is 0 Å². The highest BCUT2D eigenvalue weighted by molar-refractivity contribution is 5.42. The molecule has 1 aromatic rings. The van der Waals surface area contributed by atoms with Crippen molar-refractivity contribution < 1.29 is 14.9 Å². The van der Waals surface area contributed by atoms with E-state index in [0.717, 1.165) is 22.4 Å². The van der Waals surface area contributed by atoms with Gasteiger partial charge in [-0.15, -0.1) is 0 Å². The van der Waals surface area contributed by atoms with E-state index in [2.05, 4.69) is 0 Å². The molecule has 0 amide bonds. The van der Waals surface area contributed by atoms with E-state index in [0.29, 0.717) is 13.0 Å². The summed E-state index contributed by atoms with van der Waals surface area (Å²) in [4.78, 5) is 0. The zero-order valence-corrected chi connectivity index (χ0v) is 10.6. The molecule has 1 aromatic carbocycles. The smallest absolute Gasteiger partial charge is 0.122 e. The molecular weight excluding hydrogens is 218 g/mol. The van der Waals surface area contributed by atoms with Crippen molar-refractivity contribution in [1.82, 2.24) is 0 Å². The van der Waals surface area contributed by atoms with Crippen LogP contribution in [0.15, 0.2) is 12.1 Å². The topological polar surface area (TPSA) is 75.7 Å². The third kappa shape index (κ3) is 3.19. The van der Waals surface area contributed by atoms with Gasteiger partial charge in [0.15, 0.2) is 0 Å². The molecule has 0 bridgehead atoms. The molecule has 0 aliphatic heterocycles. The van der Waals surface area contributed by atoms with E-state index in [1.165, 1.54) is 0 Å². The Morgan fingerprint density at radius 3 is 2.41 bits per heavy atom. The number of ether oxygens (including phenoxy) is 1. The first-order valence-electron chi connectivity index (χ1n) is 5.72. The van der Waals surface area contributed by atoms with Crippen LogP contribution in [0.2, 0.25) is 0 Å². The van der Waals surface area contributed by atoms with Crippen molar-refractivity contribution in [2.45, 2.75) is 32.5 Å². The molecule has 2 atom stereocenters. The summed E-state index contributed by atoms with van der Waals surface area (Å²) < 4.78 is 5.20. The lowest BCUT2D eigenvalue weighted by molar-refractivity contribution is 0.0146. The zero-order valence-electron chi connectivity index (χ0n) is 10.6. The van der Waals surface area contributed by atoms with Crippen LogP contribution >= 0.6 is 0 Å². The van der Waals surface area contributed by atoms with Crippen molar-refractivity contribution >= 4 is 0 Å². The van der Waals surface area contributed by atoms with E-state index in [9.17, 15) is 10.2 Å². The number of hydrogen-bond acceptors (Lipinski definition) is 4. The van der Waals surface area contributed by atoms with Crippen LogP contribution in [0.5, 0.6) is 5.75 Å². The fourth-order valence-electron chi connectivity index (χ4n) is 1.89. The number of hydrogen-bond donors (Lipinski definition) is 3. The molecule has 0 heterocycles. The molecule has 0 fully saturated rings. The highest BCUT2D eigenvalue weighted by atomic mass is 16.5. The Labute approximate surface area is 102 Å². The second-order valence-electron chi connectivity index (χ2n) is 4.27. The number of aliphatic hydroxyl groups excluding tert-OH is 2. The van der Waals surface area contributed by atoms with E-state index in [-0.39, 0.29) is 0 Å². The molecule has 17 heavy (non-hydrogen) atoms. The first-order valence-corrected chi connectivity index (χ1v) is 5.72. The molecule has 0 aliphatic carbocycles. The summed E-state index contributed by atoms with van der Waals surface area (Å²) >= 11 is 0. The SMILES string of the molecule is COc1cc(C)c(C(O)C(O)CCN)cc1C. The van der Waals surface area contributed by atoms with Gasteiger partial charge in [-0.1, -0.05) is 0 Å². The molecule has 4 nitrogen and oxygen atoms in total. The molecular formula is C13H21NO3. The van der Waals surface area contributed by atoms with Crippen molar-refractivity contribution in [3.63, 3.8) is 0 Å². The first kappa shape index (κ1) is 14.0. The summed E-state index contributed by atoms with van der Waals surface area (Å²) in [6, 6.07) is 3.71. The Kier molecular flexibility index (Phi) is 4.93. The molecule has 0 radical (unpaired) electrons. The van der Waals surface area contributed by atoms with Gasteiger partial charge in [0.1, 0.15) is 11.9 Å². The molecule has 0 saturated heterocycles. The van der Waals surface area contributed by atoms with E-state index in [1.54, 1.807) is 7.11 Å². The maximum atomic E-state index is 10.0. The number of nitrogens with two attached hydrogens (primary N) is 1. The monoisotopic (exact) mass is 239 g/mol. The van der Waals surface area contributed by atoms with E-state index < -0.39 is 12.2 Å². The Hall–Kier alpha value is -1.10. The number of aliphatic hydroxyl groups is 2. The maximum Gasteiger partial charge on any atom is 0.122 e. The predicted molar refractivity (Wildman–Crippen MR) is 67.1 cm³/mol. The summed E-state index contributed by atoms with van der Waals surface area (Å²) in [5, 5.41) is 19.8. The van der Waals surface area contributed by atoms with Gasteiger partial charge in [-0.25, -0.2) is 0 Å². The quantitative estimate of drug-likeness (QED) is 0.718. The van der Waals surface area contributed by atoms with Crippen molar-refractivity contribution in [2.24, 2.45) is 5.73 Å². The zero-order chi connectivity index (χ0) is 13.0. The minimum Gasteiger partial charge on any atom is -0.496 e. The summed E-state index contributed by atoms with van der Waals surface area (Å²) in [5.74, 6) is 0.784. The van der Waals surface area contributed by atoms with Gasteiger partial charge in [0.2, 0.25) is 0 Å². The van der Waals surface area contributed by atoms with Gasteiger partial charge in [-0.05, 0) is 55.6 Å². The summed E-state index contributed by atoms with van der Waals surface area (Å²) in [6.07, 6.45) is -1.35. The van der Waals surface area contributed by atoms with Crippen LogP contribution in [-0.2, 0) is 0 Å². The van der Waals surface area contributed by atoms with Crippen LogP contribution < -0.4 is 10.5 Å². The lowest BCUT2D eigenvalue weighted by Gasteiger charge is -2.20. The fourth-order valence-corrected chi connectivity index (χ4v) is 1.89. The second kappa shape index (κ2) is 6.00. The molecule has 0 spiro atoms.